The molecular formula is C15H27NO. The minimum Gasteiger partial charge on any atom is -0.326 e. The molecule has 0 atom stereocenters. The Morgan fingerprint density at radius 3 is 1.71 bits per heavy atom. The van der Waals surface area contributed by atoms with Crippen LogP contribution in [0.5, 0.6) is 0 Å². The van der Waals surface area contributed by atoms with Crippen molar-refractivity contribution >= 4 is 11.6 Å². The molecule has 0 aliphatic heterocycles. The number of benzene rings is 1. The molecule has 1 N–H and O–H groups in total. The second kappa shape index (κ2) is 11.2. The molecule has 98 valence electrons. The summed E-state index contributed by atoms with van der Waals surface area (Å²) in [6.45, 7) is 13.8. The smallest absolute Gasteiger partial charge is 0.221 e. The Hall–Kier alpha value is -1.31. The van der Waals surface area contributed by atoms with Crippen molar-refractivity contribution in [2.24, 2.45) is 0 Å². The molecule has 0 heterocycles. The molecule has 0 bridgehead atoms. The third-order valence-corrected chi connectivity index (χ3v) is 1.90. The molecule has 0 saturated carbocycles. The highest BCUT2D eigenvalue weighted by atomic mass is 16.1. The number of nitrogens with one attached hydrogen (secondary N) is 1. The molecule has 1 amide bonds. The van der Waals surface area contributed by atoms with Crippen LogP contribution in [0.1, 0.15) is 59.9 Å². The maximum absolute atomic E-state index is 10.7. The van der Waals surface area contributed by atoms with Crippen molar-refractivity contribution in [3.8, 4) is 0 Å². The van der Waals surface area contributed by atoms with Crippen molar-refractivity contribution in [2.75, 3.05) is 5.32 Å². The van der Waals surface area contributed by atoms with Crippen molar-refractivity contribution < 1.29 is 4.79 Å². The quantitative estimate of drug-likeness (QED) is 0.785. The first-order valence-electron chi connectivity index (χ1n) is 6.47. The van der Waals surface area contributed by atoms with Crippen molar-refractivity contribution in [2.45, 2.75) is 54.4 Å². The second-order valence-electron chi connectivity index (χ2n) is 3.46. The van der Waals surface area contributed by atoms with E-state index in [9.17, 15) is 4.79 Å². The molecule has 0 fully saturated rings. The van der Waals surface area contributed by atoms with Crippen LogP contribution < -0.4 is 5.32 Å². The van der Waals surface area contributed by atoms with E-state index in [1.807, 2.05) is 52.0 Å². The summed E-state index contributed by atoms with van der Waals surface area (Å²) in [5.74, 6) is 0.503. The van der Waals surface area contributed by atoms with Crippen LogP contribution in [0.3, 0.4) is 0 Å². The van der Waals surface area contributed by atoms with Gasteiger partial charge in [-0.25, -0.2) is 0 Å². The molecule has 2 nitrogen and oxygen atoms in total. The standard InChI is InChI=1S/C11H15NO.2C2H6/c1-8(2)10-4-6-11(7-5-10)12-9(3)13;2*1-2/h4-8H,1-3H3,(H,12,13);2*1-2H3. The van der Waals surface area contributed by atoms with Gasteiger partial charge in [-0.1, -0.05) is 53.7 Å². The highest BCUT2D eigenvalue weighted by Gasteiger charge is 1.99. The molecule has 0 aliphatic rings. The van der Waals surface area contributed by atoms with Gasteiger partial charge in [-0.05, 0) is 23.6 Å². The van der Waals surface area contributed by atoms with Gasteiger partial charge in [0.05, 0.1) is 0 Å². The molecular weight excluding hydrogens is 210 g/mol. The Labute approximate surface area is 106 Å². The number of rotatable bonds is 2. The summed E-state index contributed by atoms with van der Waals surface area (Å²) in [4.78, 5) is 10.7. The molecule has 0 aliphatic carbocycles. The van der Waals surface area contributed by atoms with E-state index in [1.165, 1.54) is 12.5 Å². The van der Waals surface area contributed by atoms with Gasteiger partial charge in [0, 0.05) is 12.6 Å². The third-order valence-electron chi connectivity index (χ3n) is 1.90. The normalized spacial score (nSPS) is 8.47. The Bertz CT molecular complexity index is 288. The second-order valence-corrected chi connectivity index (χ2v) is 3.46. The number of hydrogen-bond acceptors (Lipinski definition) is 1. The van der Waals surface area contributed by atoms with E-state index in [1.54, 1.807) is 0 Å². The summed E-state index contributed by atoms with van der Waals surface area (Å²) in [6.07, 6.45) is 0. The summed E-state index contributed by atoms with van der Waals surface area (Å²) in [7, 11) is 0. The lowest BCUT2D eigenvalue weighted by atomic mass is 10.0. The van der Waals surface area contributed by atoms with E-state index in [4.69, 9.17) is 0 Å². The molecule has 1 aromatic carbocycles. The first-order chi connectivity index (χ1) is 8.09. The average molecular weight is 237 g/mol. The number of carbonyl (C=O) groups excluding carboxylic acids is 1. The van der Waals surface area contributed by atoms with Crippen LogP contribution >= 0.6 is 0 Å². The minimum absolute atomic E-state index is 0.0303. The molecule has 0 spiro atoms. The zero-order chi connectivity index (χ0) is 13.8. The van der Waals surface area contributed by atoms with Gasteiger partial charge in [0.15, 0.2) is 0 Å². The number of carbonyl (C=O) groups is 1. The SMILES string of the molecule is CC.CC.CC(=O)Nc1ccc(C(C)C)cc1. The predicted octanol–water partition coefficient (Wildman–Crippen LogP) is 4.82. The van der Waals surface area contributed by atoms with Gasteiger partial charge in [0.25, 0.3) is 0 Å². The topological polar surface area (TPSA) is 29.1 Å². The first kappa shape index (κ1) is 18.1. The van der Waals surface area contributed by atoms with E-state index in [0.717, 1.165) is 5.69 Å². The van der Waals surface area contributed by atoms with Crippen LogP contribution in [0.2, 0.25) is 0 Å². The van der Waals surface area contributed by atoms with Gasteiger partial charge in [0.2, 0.25) is 5.91 Å². The van der Waals surface area contributed by atoms with Crippen LogP contribution in [0, 0.1) is 0 Å². The van der Waals surface area contributed by atoms with Gasteiger partial charge in [0.1, 0.15) is 0 Å². The summed E-state index contributed by atoms with van der Waals surface area (Å²) < 4.78 is 0. The molecule has 0 saturated heterocycles. The van der Waals surface area contributed by atoms with Crippen molar-refractivity contribution in [1.82, 2.24) is 0 Å². The monoisotopic (exact) mass is 237 g/mol. The predicted molar refractivity (Wildman–Crippen MR) is 77.5 cm³/mol. The van der Waals surface area contributed by atoms with Crippen molar-refractivity contribution in [1.29, 1.82) is 0 Å². The third kappa shape index (κ3) is 8.49. The van der Waals surface area contributed by atoms with E-state index in [-0.39, 0.29) is 5.91 Å². The largest absolute Gasteiger partial charge is 0.326 e. The molecule has 17 heavy (non-hydrogen) atoms. The summed E-state index contributed by atoms with van der Waals surface area (Å²) >= 11 is 0. The Balaban J connectivity index is 0. The number of amides is 1. The van der Waals surface area contributed by atoms with E-state index in [2.05, 4.69) is 19.2 Å². The Kier molecular flexibility index (Phi) is 11.9. The lowest BCUT2D eigenvalue weighted by molar-refractivity contribution is -0.114. The van der Waals surface area contributed by atoms with Crippen LogP contribution in [0.25, 0.3) is 0 Å². The van der Waals surface area contributed by atoms with Gasteiger partial charge in [-0.2, -0.15) is 0 Å². The van der Waals surface area contributed by atoms with Crippen molar-refractivity contribution in [3.63, 3.8) is 0 Å². The molecule has 1 rings (SSSR count). The van der Waals surface area contributed by atoms with E-state index >= 15 is 0 Å². The fourth-order valence-electron chi connectivity index (χ4n) is 1.15. The summed E-state index contributed by atoms with van der Waals surface area (Å²) in [6, 6.07) is 7.93. The number of hydrogen-bond donors (Lipinski definition) is 1. The van der Waals surface area contributed by atoms with Gasteiger partial charge in [-0.3, -0.25) is 4.79 Å². The Morgan fingerprint density at radius 2 is 1.41 bits per heavy atom. The fraction of sp³-hybridized carbons (Fsp3) is 0.533. The number of anilines is 1. The minimum atomic E-state index is -0.0303. The summed E-state index contributed by atoms with van der Waals surface area (Å²) in [5.41, 5.74) is 2.14. The zero-order valence-corrected chi connectivity index (χ0v) is 12.3. The van der Waals surface area contributed by atoms with Crippen LogP contribution in [0.15, 0.2) is 24.3 Å². The highest BCUT2D eigenvalue weighted by molar-refractivity contribution is 5.88. The Morgan fingerprint density at radius 1 is 1.00 bits per heavy atom. The fourth-order valence-corrected chi connectivity index (χ4v) is 1.15. The molecule has 0 unspecified atom stereocenters. The maximum Gasteiger partial charge on any atom is 0.221 e. The lowest BCUT2D eigenvalue weighted by Crippen LogP contribution is -2.05. The van der Waals surface area contributed by atoms with E-state index in [0.29, 0.717) is 5.92 Å². The van der Waals surface area contributed by atoms with Gasteiger partial charge in [-0.15, -0.1) is 0 Å². The molecule has 0 aromatic heterocycles. The molecule has 2 heteroatoms. The average Bonchev–Trinajstić information content (AvgIpc) is 2.34. The lowest BCUT2D eigenvalue weighted by Gasteiger charge is -2.06. The van der Waals surface area contributed by atoms with E-state index < -0.39 is 0 Å². The van der Waals surface area contributed by atoms with Crippen LogP contribution in [-0.4, -0.2) is 5.91 Å². The van der Waals surface area contributed by atoms with Gasteiger partial charge >= 0.3 is 0 Å². The first-order valence-corrected chi connectivity index (χ1v) is 6.47. The molecule has 1 aromatic rings. The van der Waals surface area contributed by atoms with Crippen molar-refractivity contribution in [3.05, 3.63) is 29.8 Å². The van der Waals surface area contributed by atoms with Crippen LogP contribution in [0.4, 0.5) is 5.69 Å². The van der Waals surface area contributed by atoms with Crippen LogP contribution in [-0.2, 0) is 4.79 Å². The maximum atomic E-state index is 10.7. The summed E-state index contributed by atoms with van der Waals surface area (Å²) in [5, 5.41) is 2.73. The van der Waals surface area contributed by atoms with Gasteiger partial charge < -0.3 is 5.32 Å². The molecule has 0 radical (unpaired) electrons. The zero-order valence-electron chi connectivity index (χ0n) is 12.3. The highest BCUT2D eigenvalue weighted by Crippen LogP contribution is 2.16.